The van der Waals surface area contributed by atoms with E-state index in [1.807, 2.05) is 7.11 Å². The molecule has 3 aromatic carbocycles. The zero-order valence-electron chi connectivity index (χ0n) is 16.6. The van der Waals surface area contributed by atoms with Crippen LogP contribution in [0.2, 0.25) is 0 Å². The predicted octanol–water partition coefficient (Wildman–Crippen LogP) is 5.53. The molecular weight excluding hydrogens is 342 g/mol. The summed E-state index contributed by atoms with van der Waals surface area (Å²) in [6.07, 6.45) is 4.89. The first-order valence-corrected chi connectivity index (χ1v) is 10.3. The number of ether oxygens (including phenoxy) is 1. The zero-order valence-corrected chi connectivity index (χ0v) is 16.6. The third-order valence-corrected chi connectivity index (χ3v) is 6.05. The molecule has 144 valence electrons. The van der Waals surface area contributed by atoms with Crippen molar-refractivity contribution in [2.24, 2.45) is 0 Å². The molecule has 4 rings (SSSR count). The summed E-state index contributed by atoms with van der Waals surface area (Å²) in [6, 6.07) is 33.0. The maximum absolute atomic E-state index is 5.60. The van der Waals surface area contributed by atoms with Crippen molar-refractivity contribution in [3.63, 3.8) is 0 Å². The maximum Gasteiger partial charge on any atom is 0.0950 e. The third kappa shape index (κ3) is 3.76. The van der Waals surface area contributed by atoms with Crippen LogP contribution in [0.25, 0.3) is 0 Å². The number of benzene rings is 3. The van der Waals surface area contributed by atoms with Crippen molar-refractivity contribution >= 4 is 0 Å². The van der Waals surface area contributed by atoms with Crippen molar-refractivity contribution in [1.29, 1.82) is 0 Å². The Labute approximate surface area is 168 Å². The van der Waals surface area contributed by atoms with E-state index < -0.39 is 0 Å². The summed E-state index contributed by atoms with van der Waals surface area (Å²) in [4.78, 5) is 0. The van der Waals surface area contributed by atoms with Gasteiger partial charge in [-0.15, -0.1) is 0 Å². The quantitative estimate of drug-likeness (QED) is 0.576. The Morgan fingerprint density at radius 2 is 1.04 bits per heavy atom. The molecule has 0 aromatic heterocycles. The molecule has 1 aliphatic carbocycles. The molecule has 2 nitrogen and oxygen atoms in total. The highest BCUT2D eigenvalue weighted by Crippen LogP contribution is 2.38. The fourth-order valence-electron chi connectivity index (χ4n) is 4.56. The van der Waals surface area contributed by atoms with Crippen molar-refractivity contribution in [2.45, 2.75) is 43.4 Å². The van der Waals surface area contributed by atoms with Gasteiger partial charge in [-0.2, -0.15) is 0 Å². The first-order chi connectivity index (χ1) is 13.8. The van der Waals surface area contributed by atoms with E-state index in [0.717, 1.165) is 25.7 Å². The minimum Gasteiger partial charge on any atom is -0.381 e. The van der Waals surface area contributed by atoms with E-state index in [1.54, 1.807) is 0 Å². The van der Waals surface area contributed by atoms with Gasteiger partial charge in [0.25, 0.3) is 0 Å². The first-order valence-electron chi connectivity index (χ1n) is 10.3. The molecule has 0 radical (unpaired) electrons. The van der Waals surface area contributed by atoms with Crippen LogP contribution < -0.4 is 5.32 Å². The molecule has 28 heavy (non-hydrogen) atoms. The lowest BCUT2D eigenvalue weighted by atomic mass is 9.75. The van der Waals surface area contributed by atoms with Crippen LogP contribution in [0, 0.1) is 0 Å². The summed E-state index contributed by atoms with van der Waals surface area (Å²) in [5, 5.41) is 4.11. The molecule has 0 spiro atoms. The Hall–Kier alpha value is -2.42. The van der Waals surface area contributed by atoms with Crippen LogP contribution in [0.5, 0.6) is 0 Å². The summed E-state index contributed by atoms with van der Waals surface area (Å²) in [5.41, 5.74) is 3.47. The lowest BCUT2D eigenvalue weighted by Crippen LogP contribution is -2.51. The lowest BCUT2D eigenvalue weighted by molar-refractivity contribution is 0.0600. The van der Waals surface area contributed by atoms with Gasteiger partial charge in [-0.05, 0) is 42.4 Å². The molecule has 0 saturated heterocycles. The average molecular weight is 372 g/mol. The van der Waals surface area contributed by atoms with Gasteiger partial charge in [0.1, 0.15) is 0 Å². The minimum atomic E-state index is -0.367. The van der Waals surface area contributed by atoms with Crippen LogP contribution in [-0.4, -0.2) is 19.3 Å². The van der Waals surface area contributed by atoms with Crippen LogP contribution in [0.3, 0.4) is 0 Å². The summed E-state index contributed by atoms with van der Waals surface area (Å²) in [6.45, 7) is 0. The van der Waals surface area contributed by atoms with Crippen LogP contribution in [0.15, 0.2) is 91.0 Å². The van der Waals surface area contributed by atoms with Gasteiger partial charge in [0.2, 0.25) is 0 Å². The standard InChI is InChI=1S/C26H29NO/c1-28-25-19-17-24(18-20-25)27-26(21-11-5-2-6-12-21,22-13-7-3-8-14-22)23-15-9-4-10-16-23/h2-16,24-25,27H,17-20H2,1H3/t24-,25-. The van der Waals surface area contributed by atoms with Crippen molar-refractivity contribution in [3.8, 4) is 0 Å². The van der Waals surface area contributed by atoms with E-state index in [4.69, 9.17) is 4.74 Å². The molecule has 0 heterocycles. The molecule has 0 aliphatic heterocycles. The third-order valence-electron chi connectivity index (χ3n) is 6.05. The number of methoxy groups -OCH3 is 1. The highest BCUT2D eigenvalue weighted by atomic mass is 16.5. The Balaban J connectivity index is 1.82. The van der Waals surface area contributed by atoms with Gasteiger partial charge in [-0.3, -0.25) is 5.32 Å². The molecule has 1 N–H and O–H groups in total. The van der Waals surface area contributed by atoms with Gasteiger partial charge < -0.3 is 4.74 Å². The predicted molar refractivity (Wildman–Crippen MR) is 115 cm³/mol. The second kappa shape index (κ2) is 8.72. The Bertz CT molecular complexity index is 743. The fourth-order valence-corrected chi connectivity index (χ4v) is 4.56. The lowest BCUT2D eigenvalue weighted by Gasteiger charge is -2.42. The number of hydrogen-bond donors (Lipinski definition) is 1. The van der Waals surface area contributed by atoms with E-state index in [9.17, 15) is 0 Å². The van der Waals surface area contributed by atoms with Crippen molar-refractivity contribution < 1.29 is 4.74 Å². The topological polar surface area (TPSA) is 21.3 Å². The molecule has 0 unspecified atom stereocenters. The number of hydrogen-bond acceptors (Lipinski definition) is 2. The van der Waals surface area contributed by atoms with Gasteiger partial charge >= 0.3 is 0 Å². The smallest absolute Gasteiger partial charge is 0.0950 e. The number of rotatable bonds is 6. The van der Waals surface area contributed by atoms with Crippen molar-refractivity contribution in [1.82, 2.24) is 5.32 Å². The second-order valence-electron chi connectivity index (χ2n) is 7.70. The molecule has 1 saturated carbocycles. The average Bonchev–Trinajstić information content (AvgIpc) is 2.80. The Morgan fingerprint density at radius 1 is 0.643 bits per heavy atom. The van der Waals surface area contributed by atoms with Crippen LogP contribution in [-0.2, 0) is 10.3 Å². The normalized spacial score (nSPS) is 20.0. The SMILES string of the molecule is CO[C@H]1CC[C@H](NC(c2ccccc2)(c2ccccc2)c2ccccc2)CC1. The van der Waals surface area contributed by atoms with Gasteiger partial charge in [0.05, 0.1) is 11.6 Å². The van der Waals surface area contributed by atoms with Crippen molar-refractivity contribution in [2.75, 3.05) is 7.11 Å². The summed E-state index contributed by atoms with van der Waals surface area (Å²) in [5.74, 6) is 0. The summed E-state index contributed by atoms with van der Waals surface area (Å²) >= 11 is 0. The van der Waals surface area contributed by atoms with Gasteiger partial charge in [0.15, 0.2) is 0 Å². The maximum atomic E-state index is 5.60. The molecule has 1 aliphatic rings. The highest BCUT2D eigenvalue weighted by molar-refractivity contribution is 5.49. The molecule has 0 amide bonds. The van der Waals surface area contributed by atoms with E-state index in [1.165, 1.54) is 16.7 Å². The Morgan fingerprint density at radius 3 is 1.39 bits per heavy atom. The van der Waals surface area contributed by atoms with E-state index >= 15 is 0 Å². The largest absolute Gasteiger partial charge is 0.381 e. The molecule has 0 bridgehead atoms. The molecular formula is C26H29NO. The van der Waals surface area contributed by atoms with Gasteiger partial charge in [0, 0.05) is 13.2 Å². The summed E-state index contributed by atoms with van der Waals surface area (Å²) < 4.78 is 5.60. The van der Waals surface area contributed by atoms with E-state index in [0.29, 0.717) is 12.1 Å². The van der Waals surface area contributed by atoms with Gasteiger partial charge in [-0.25, -0.2) is 0 Å². The zero-order chi connectivity index (χ0) is 19.2. The molecule has 3 aromatic rings. The highest BCUT2D eigenvalue weighted by Gasteiger charge is 2.38. The summed E-state index contributed by atoms with van der Waals surface area (Å²) in [7, 11) is 1.83. The van der Waals surface area contributed by atoms with Gasteiger partial charge in [-0.1, -0.05) is 91.0 Å². The monoisotopic (exact) mass is 371 g/mol. The second-order valence-corrected chi connectivity index (χ2v) is 7.70. The van der Waals surface area contributed by atoms with Crippen LogP contribution >= 0.6 is 0 Å². The van der Waals surface area contributed by atoms with Crippen LogP contribution in [0.4, 0.5) is 0 Å². The Kier molecular flexibility index (Phi) is 5.90. The van der Waals surface area contributed by atoms with E-state index in [-0.39, 0.29) is 5.54 Å². The number of nitrogens with one attached hydrogen (secondary N) is 1. The minimum absolute atomic E-state index is 0.367. The molecule has 1 fully saturated rings. The fraction of sp³-hybridized carbons (Fsp3) is 0.308. The molecule has 0 atom stereocenters. The van der Waals surface area contributed by atoms with Crippen LogP contribution in [0.1, 0.15) is 42.4 Å². The van der Waals surface area contributed by atoms with Crippen molar-refractivity contribution in [3.05, 3.63) is 108 Å². The van der Waals surface area contributed by atoms with E-state index in [2.05, 4.69) is 96.3 Å². The molecule has 2 heteroatoms. The first kappa shape index (κ1) is 18.9.